The van der Waals surface area contributed by atoms with Crippen LogP contribution in [0.1, 0.15) is 25.7 Å². The minimum absolute atomic E-state index is 0.0235. The van der Waals surface area contributed by atoms with Crippen molar-refractivity contribution in [3.8, 4) is 0 Å². The number of nitrogens with one attached hydrogen (secondary N) is 3. The van der Waals surface area contributed by atoms with Gasteiger partial charge in [0, 0.05) is 39.1 Å². The molecule has 0 bridgehead atoms. The van der Waals surface area contributed by atoms with Gasteiger partial charge < -0.3 is 16.0 Å². The lowest BCUT2D eigenvalue weighted by Crippen LogP contribution is -2.50. The molecule has 3 N–H and O–H groups in total. The molecule has 0 aliphatic carbocycles. The number of piperidine rings is 2. The first-order valence-corrected chi connectivity index (χ1v) is 7.58. The van der Waals surface area contributed by atoms with Crippen molar-refractivity contribution < 1.29 is 14.4 Å². The van der Waals surface area contributed by atoms with Crippen LogP contribution in [0.25, 0.3) is 0 Å². The van der Waals surface area contributed by atoms with Crippen LogP contribution in [0, 0.1) is 5.92 Å². The van der Waals surface area contributed by atoms with Gasteiger partial charge in [-0.05, 0) is 19.3 Å². The molecule has 0 aromatic carbocycles. The molecule has 21 heavy (non-hydrogen) atoms. The Morgan fingerprint density at radius 2 is 2.00 bits per heavy atom. The van der Waals surface area contributed by atoms with Crippen LogP contribution in [0.2, 0.25) is 0 Å². The fourth-order valence-electron chi connectivity index (χ4n) is 2.79. The van der Waals surface area contributed by atoms with E-state index in [1.165, 1.54) is 0 Å². The maximum absolute atomic E-state index is 12.1. The topological polar surface area (TPSA) is 90.5 Å². The van der Waals surface area contributed by atoms with E-state index in [-0.39, 0.29) is 29.7 Å². The molecular formula is C14H24N4O3. The maximum atomic E-state index is 12.1. The summed E-state index contributed by atoms with van der Waals surface area (Å²) in [6.45, 7) is 2.51. The van der Waals surface area contributed by atoms with Gasteiger partial charge in [0.2, 0.25) is 17.7 Å². The minimum atomic E-state index is -0.105. The highest BCUT2D eigenvalue weighted by Crippen LogP contribution is 2.14. The van der Waals surface area contributed by atoms with Gasteiger partial charge in [0.05, 0.1) is 12.5 Å². The zero-order valence-corrected chi connectivity index (χ0v) is 12.5. The standard InChI is InChI=1S/C14H24N4O3/c1-15-13(20)9-18-6-4-11(5-7-18)17-14(21)10-2-3-12(19)16-8-10/h10-11H,2-9H2,1H3,(H,15,20)(H,16,19)(H,17,21). The molecular weight excluding hydrogens is 272 g/mol. The number of amides is 3. The summed E-state index contributed by atoms with van der Waals surface area (Å²) < 4.78 is 0. The number of hydrogen-bond acceptors (Lipinski definition) is 4. The van der Waals surface area contributed by atoms with Crippen LogP contribution in [-0.4, -0.2) is 61.9 Å². The van der Waals surface area contributed by atoms with Gasteiger partial charge in [-0.1, -0.05) is 0 Å². The van der Waals surface area contributed by atoms with E-state index in [1.54, 1.807) is 7.05 Å². The second-order valence-electron chi connectivity index (χ2n) is 5.77. The van der Waals surface area contributed by atoms with Crippen molar-refractivity contribution in [2.45, 2.75) is 31.7 Å². The van der Waals surface area contributed by atoms with Crippen molar-refractivity contribution in [3.05, 3.63) is 0 Å². The van der Waals surface area contributed by atoms with Crippen LogP contribution in [-0.2, 0) is 14.4 Å². The second kappa shape index (κ2) is 7.40. The highest BCUT2D eigenvalue weighted by atomic mass is 16.2. The molecule has 0 saturated carbocycles. The number of carbonyl (C=O) groups excluding carboxylic acids is 3. The summed E-state index contributed by atoms with van der Waals surface area (Å²) in [6, 6.07) is 0.177. The van der Waals surface area contributed by atoms with E-state index in [2.05, 4.69) is 20.9 Å². The second-order valence-corrected chi connectivity index (χ2v) is 5.77. The Kier molecular flexibility index (Phi) is 5.55. The van der Waals surface area contributed by atoms with Crippen LogP contribution >= 0.6 is 0 Å². The molecule has 2 heterocycles. The summed E-state index contributed by atoms with van der Waals surface area (Å²) in [6.07, 6.45) is 2.79. The summed E-state index contributed by atoms with van der Waals surface area (Å²) >= 11 is 0. The first-order chi connectivity index (χ1) is 10.1. The predicted octanol–water partition coefficient (Wildman–Crippen LogP) is -1.16. The van der Waals surface area contributed by atoms with Gasteiger partial charge in [-0.3, -0.25) is 19.3 Å². The molecule has 0 radical (unpaired) electrons. The molecule has 3 amide bonds. The van der Waals surface area contributed by atoms with E-state index >= 15 is 0 Å². The Labute approximate surface area is 124 Å². The third-order valence-corrected chi connectivity index (χ3v) is 4.22. The number of rotatable bonds is 4. The minimum Gasteiger partial charge on any atom is -0.358 e. The number of likely N-dealkylation sites (tertiary alicyclic amines) is 1. The van der Waals surface area contributed by atoms with Gasteiger partial charge in [0.25, 0.3) is 0 Å². The van der Waals surface area contributed by atoms with E-state index in [0.29, 0.717) is 25.9 Å². The third kappa shape index (κ3) is 4.70. The molecule has 2 fully saturated rings. The highest BCUT2D eigenvalue weighted by molar-refractivity contribution is 5.83. The van der Waals surface area contributed by atoms with Crippen molar-refractivity contribution in [2.24, 2.45) is 5.92 Å². The molecule has 2 aliphatic heterocycles. The average molecular weight is 296 g/mol. The smallest absolute Gasteiger partial charge is 0.233 e. The summed E-state index contributed by atoms with van der Waals surface area (Å²) in [7, 11) is 1.64. The molecule has 7 heteroatoms. The van der Waals surface area contributed by atoms with E-state index in [9.17, 15) is 14.4 Å². The first kappa shape index (κ1) is 15.8. The van der Waals surface area contributed by atoms with Gasteiger partial charge in [-0.15, -0.1) is 0 Å². The lowest BCUT2D eigenvalue weighted by molar-refractivity contribution is -0.130. The first-order valence-electron chi connectivity index (χ1n) is 7.58. The molecule has 2 rings (SSSR count). The molecule has 0 spiro atoms. The van der Waals surface area contributed by atoms with Crippen molar-refractivity contribution in [1.82, 2.24) is 20.9 Å². The molecule has 2 aliphatic rings. The van der Waals surface area contributed by atoms with E-state index in [0.717, 1.165) is 25.9 Å². The zero-order valence-electron chi connectivity index (χ0n) is 12.5. The predicted molar refractivity (Wildman–Crippen MR) is 77.4 cm³/mol. The van der Waals surface area contributed by atoms with Crippen molar-refractivity contribution >= 4 is 17.7 Å². The number of nitrogens with zero attached hydrogens (tertiary/aromatic N) is 1. The monoisotopic (exact) mass is 296 g/mol. The van der Waals surface area contributed by atoms with Crippen LogP contribution in [0.4, 0.5) is 0 Å². The molecule has 1 atom stereocenters. The normalized spacial score (nSPS) is 24.2. The van der Waals surface area contributed by atoms with E-state index < -0.39 is 0 Å². The van der Waals surface area contributed by atoms with E-state index in [4.69, 9.17) is 0 Å². The quantitative estimate of drug-likeness (QED) is 0.610. The largest absolute Gasteiger partial charge is 0.358 e. The summed E-state index contributed by atoms with van der Waals surface area (Å²) in [5.41, 5.74) is 0. The molecule has 0 aromatic heterocycles. The summed E-state index contributed by atoms with van der Waals surface area (Å²) in [5, 5.41) is 8.42. The summed E-state index contributed by atoms with van der Waals surface area (Å²) in [5.74, 6) is -0.0108. The fraction of sp³-hybridized carbons (Fsp3) is 0.786. The van der Waals surface area contributed by atoms with Crippen molar-refractivity contribution in [3.63, 3.8) is 0 Å². The van der Waals surface area contributed by atoms with Crippen molar-refractivity contribution in [1.29, 1.82) is 0 Å². The van der Waals surface area contributed by atoms with Crippen LogP contribution in [0.5, 0.6) is 0 Å². The highest BCUT2D eigenvalue weighted by Gasteiger charge is 2.27. The van der Waals surface area contributed by atoms with Gasteiger partial charge >= 0.3 is 0 Å². The van der Waals surface area contributed by atoms with Gasteiger partial charge in [0.1, 0.15) is 0 Å². The molecule has 0 aromatic rings. The maximum Gasteiger partial charge on any atom is 0.233 e. The molecule has 7 nitrogen and oxygen atoms in total. The van der Waals surface area contributed by atoms with Crippen molar-refractivity contribution in [2.75, 3.05) is 33.2 Å². The Balaban J connectivity index is 1.69. The third-order valence-electron chi connectivity index (χ3n) is 4.22. The SMILES string of the molecule is CNC(=O)CN1CCC(NC(=O)C2CCC(=O)NC2)CC1. The van der Waals surface area contributed by atoms with Crippen LogP contribution < -0.4 is 16.0 Å². The average Bonchev–Trinajstić information content (AvgIpc) is 2.49. The Bertz CT molecular complexity index is 395. The Morgan fingerprint density at radius 3 is 2.57 bits per heavy atom. The van der Waals surface area contributed by atoms with Gasteiger partial charge in [0.15, 0.2) is 0 Å². The lowest BCUT2D eigenvalue weighted by atomic mass is 9.97. The molecule has 118 valence electrons. The number of hydrogen-bond donors (Lipinski definition) is 3. The lowest BCUT2D eigenvalue weighted by Gasteiger charge is -2.33. The number of likely N-dealkylation sites (N-methyl/N-ethyl adjacent to an activating group) is 1. The Hall–Kier alpha value is -1.63. The summed E-state index contributed by atoms with van der Waals surface area (Å²) in [4.78, 5) is 36.6. The zero-order chi connectivity index (χ0) is 15.2. The molecule has 2 saturated heterocycles. The van der Waals surface area contributed by atoms with Crippen LogP contribution in [0.3, 0.4) is 0 Å². The molecule has 1 unspecified atom stereocenters. The van der Waals surface area contributed by atoms with Gasteiger partial charge in [-0.2, -0.15) is 0 Å². The Morgan fingerprint density at radius 1 is 1.29 bits per heavy atom. The fourth-order valence-corrected chi connectivity index (χ4v) is 2.79. The van der Waals surface area contributed by atoms with E-state index in [1.807, 2.05) is 0 Å². The van der Waals surface area contributed by atoms with Crippen LogP contribution in [0.15, 0.2) is 0 Å². The number of carbonyl (C=O) groups is 3. The van der Waals surface area contributed by atoms with Gasteiger partial charge in [-0.25, -0.2) is 0 Å².